The highest BCUT2D eigenvalue weighted by Gasteiger charge is 2.21. The molecular formula is C21H25Cl2N3O2. The van der Waals surface area contributed by atoms with Crippen LogP contribution in [0.3, 0.4) is 0 Å². The third-order valence-corrected chi connectivity index (χ3v) is 5.14. The van der Waals surface area contributed by atoms with E-state index in [9.17, 15) is 9.59 Å². The largest absolute Gasteiger partial charge is 0.325 e. The topological polar surface area (TPSA) is 61.4 Å². The average molecular weight is 422 g/mol. The van der Waals surface area contributed by atoms with E-state index in [4.69, 9.17) is 23.2 Å². The third-order valence-electron chi connectivity index (χ3n) is 4.51. The van der Waals surface area contributed by atoms with Gasteiger partial charge in [0, 0.05) is 5.69 Å². The molecule has 1 atom stereocenters. The zero-order chi connectivity index (χ0) is 20.8. The monoisotopic (exact) mass is 421 g/mol. The van der Waals surface area contributed by atoms with Gasteiger partial charge in [-0.25, -0.2) is 0 Å². The summed E-state index contributed by atoms with van der Waals surface area (Å²) in [6.45, 7) is 5.99. The number of carbonyl (C=O) groups excluding carboxylic acids is 2. The minimum atomic E-state index is -0.503. The van der Waals surface area contributed by atoms with Gasteiger partial charge in [0.15, 0.2) is 0 Å². The summed E-state index contributed by atoms with van der Waals surface area (Å²) >= 11 is 12.1. The van der Waals surface area contributed by atoms with E-state index < -0.39 is 6.04 Å². The molecule has 7 heteroatoms. The van der Waals surface area contributed by atoms with Crippen molar-refractivity contribution in [3.63, 3.8) is 0 Å². The second-order valence-corrected chi connectivity index (χ2v) is 7.82. The van der Waals surface area contributed by atoms with Crippen LogP contribution < -0.4 is 10.6 Å². The second-order valence-electron chi connectivity index (χ2n) is 7.00. The maximum atomic E-state index is 12.5. The Labute approximate surface area is 176 Å². The summed E-state index contributed by atoms with van der Waals surface area (Å²) in [6, 6.07) is 12.2. The number of rotatable bonds is 7. The number of nitrogens with zero attached hydrogens (tertiary/aromatic N) is 1. The predicted octanol–water partition coefficient (Wildman–Crippen LogP) is 5.01. The molecule has 0 radical (unpaired) electrons. The Kier molecular flexibility index (Phi) is 7.87. The normalized spacial score (nSPS) is 12.1. The van der Waals surface area contributed by atoms with Crippen molar-refractivity contribution in [2.45, 2.75) is 32.7 Å². The maximum Gasteiger partial charge on any atom is 0.241 e. The molecule has 0 heterocycles. The molecule has 0 aliphatic rings. The van der Waals surface area contributed by atoms with Gasteiger partial charge in [0.1, 0.15) is 0 Å². The number of amides is 2. The summed E-state index contributed by atoms with van der Waals surface area (Å²) in [5.74, 6) is -0.0678. The van der Waals surface area contributed by atoms with Gasteiger partial charge in [0.2, 0.25) is 11.8 Å². The van der Waals surface area contributed by atoms with E-state index in [2.05, 4.69) is 24.5 Å². The van der Waals surface area contributed by atoms with Gasteiger partial charge in [-0.15, -0.1) is 0 Å². The van der Waals surface area contributed by atoms with Gasteiger partial charge in [-0.1, -0.05) is 55.2 Å². The smallest absolute Gasteiger partial charge is 0.241 e. The van der Waals surface area contributed by atoms with Crippen LogP contribution in [0.1, 0.15) is 32.3 Å². The molecule has 0 saturated heterocycles. The van der Waals surface area contributed by atoms with Crippen molar-refractivity contribution < 1.29 is 9.59 Å². The van der Waals surface area contributed by atoms with Crippen LogP contribution in [0.4, 0.5) is 11.4 Å². The molecular weight excluding hydrogens is 397 g/mol. The molecule has 2 amide bonds. The molecule has 0 bridgehead atoms. The molecule has 2 N–H and O–H groups in total. The van der Waals surface area contributed by atoms with Gasteiger partial charge < -0.3 is 10.6 Å². The fraction of sp³-hybridized carbons (Fsp3) is 0.333. The number of benzene rings is 2. The Morgan fingerprint density at radius 1 is 0.964 bits per heavy atom. The van der Waals surface area contributed by atoms with E-state index in [-0.39, 0.29) is 18.4 Å². The van der Waals surface area contributed by atoms with Crippen molar-refractivity contribution in [1.82, 2.24) is 4.90 Å². The predicted molar refractivity (Wildman–Crippen MR) is 116 cm³/mol. The van der Waals surface area contributed by atoms with Crippen LogP contribution in [-0.2, 0) is 9.59 Å². The lowest BCUT2D eigenvalue weighted by Gasteiger charge is -2.23. The van der Waals surface area contributed by atoms with Gasteiger partial charge >= 0.3 is 0 Å². The fourth-order valence-electron chi connectivity index (χ4n) is 2.56. The number of likely N-dealkylation sites (N-methyl/N-ethyl adjacent to an activating group) is 1. The maximum absolute atomic E-state index is 12.5. The SMILES string of the molecule is CC(C)c1ccc(NC(=O)[C@H](C)N(C)CC(=O)Nc2c(Cl)cccc2Cl)cc1. The van der Waals surface area contributed by atoms with Crippen molar-refractivity contribution in [3.05, 3.63) is 58.1 Å². The average Bonchev–Trinajstić information content (AvgIpc) is 2.64. The van der Waals surface area contributed by atoms with Crippen LogP contribution >= 0.6 is 23.2 Å². The summed E-state index contributed by atoms with van der Waals surface area (Å²) in [7, 11) is 1.71. The van der Waals surface area contributed by atoms with Crippen molar-refractivity contribution in [1.29, 1.82) is 0 Å². The number of para-hydroxylation sites is 1. The summed E-state index contributed by atoms with van der Waals surface area (Å²) < 4.78 is 0. The first-order chi connectivity index (χ1) is 13.2. The molecule has 0 saturated carbocycles. The Bertz CT molecular complexity index is 818. The van der Waals surface area contributed by atoms with E-state index in [0.29, 0.717) is 21.7 Å². The van der Waals surface area contributed by atoms with E-state index in [1.807, 2.05) is 24.3 Å². The Balaban J connectivity index is 1.92. The first-order valence-corrected chi connectivity index (χ1v) is 9.79. The number of carbonyl (C=O) groups is 2. The molecule has 0 spiro atoms. The summed E-state index contributed by atoms with van der Waals surface area (Å²) in [4.78, 5) is 26.5. The molecule has 5 nitrogen and oxygen atoms in total. The molecule has 0 fully saturated rings. The lowest BCUT2D eigenvalue weighted by molar-refractivity contribution is -0.122. The van der Waals surface area contributed by atoms with Gasteiger partial charge in [-0.2, -0.15) is 0 Å². The Morgan fingerprint density at radius 3 is 2.07 bits per heavy atom. The van der Waals surface area contributed by atoms with Crippen molar-refractivity contribution in [2.75, 3.05) is 24.2 Å². The molecule has 2 aromatic carbocycles. The fourth-order valence-corrected chi connectivity index (χ4v) is 3.05. The molecule has 2 rings (SSSR count). The number of anilines is 2. The number of hydrogen-bond donors (Lipinski definition) is 2. The minimum Gasteiger partial charge on any atom is -0.325 e. The van der Waals surface area contributed by atoms with Crippen molar-refractivity contribution in [2.24, 2.45) is 0 Å². The summed E-state index contributed by atoms with van der Waals surface area (Å²) in [6.07, 6.45) is 0. The number of nitrogens with one attached hydrogen (secondary N) is 2. The van der Waals surface area contributed by atoms with Crippen LogP contribution in [0.2, 0.25) is 10.0 Å². The highest BCUT2D eigenvalue weighted by Crippen LogP contribution is 2.29. The third kappa shape index (κ3) is 5.96. The van der Waals surface area contributed by atoms with Crippen molar-refractivity contribution >= 4 is 46.4 Å². The van der Waals surface area contributed by atoms with E-state index >= 15 is 0 Å². The second kappa shape index (κ2) is 9.92. The summed E-state index contributed by atoms with van der Waals surface area (Å²) in [5.41, 5.74) is 2.30. The number of halogens is 2. The molecule has 150 valence electrons. The highest BCUT2D eigenvalue weighted by atomic mass is 35.5. The Morgan fingerprint density at radius 2 is 1.54 bits per heavy atom. The van der Waals surface area contributed by atoms with Gasteiger partial charge in [0.25, 0.3) is 0 Å². The van der Waals surface area contributed by atoms with Gasteiger partial charge in [-0.3, -0.25) is 14.5 Å². The van der Waals surface area contributed by atoms with Crippen LogP contribution in [0.5, 0.6) is 0 Å². The lowest BCUT2D eigenvalue weighted by atomic mass is 10.0. The van der Waals surface area contributed by atoms with Gasteiger partial charge in [-0.05, 0) is 49.7 Å². The zero-order valence-corrected chi connectivity index (χ0v) is 17.9. The van der Waals surface area contributed by atoms with Crippen LogP contribution in [0.15, 0.2) is 42.5 Å². The summed E-state index contributed by atoms with van der Waals surface area (Å²) in [5, 5.41) is 6.29. The molecule has 0 aliphatic heterocycles. The quantitative estimate of drug-likeness (QED) is 0.659. The first-order valence-electron chi connectivity index (χ1n) is 9.04. The van der Waals surface area contributed by atoms with E-state index in [1.54, 1.807) is 37.1 Å². The van der Waals surface area contributed by atoms with E-state index in [1.165, 1.54) is 5.56 Å². The van der Waals surface area contributed by atoms with Gasteiger partial charge in [0.05, 0.1) is 28.3 Å². The molecule has 0 aliphatic carbocycles. The number of hydrogen-bond acceptors (Lipinski definition) is 3. The Hall–Kier alpha value is -2.08. The van der Waals surface area contributed by atoms with Crippen LogP contribution in [0, 0.1) is 0 Å². The zero-order valence-electron chi connectivity index (χ0n) is 16.4. The van der Waals surface area contributed by atoms with Crippen LogP contribution in [-0.4, -0.2) is 36.3 Å². The first kappa shape index (κ1) is 22.2. The molecule has 28 heavy (non-hydrogen) atoms. The van der Waals surface area contributed by atoms with Crippen LogP contribution in [0.25, 0.3) is 0 Å². The molecule has 2 aromatic rings. The standard InChI is InChI=1S/C21H25Cl2N3O2/c1-13(2)15-8-10-16(11-9-15)24-21(28)14(3)26(4)12-19(27)25-20-17(22)6-5-7-18(20)23/h5-11,13-14H,12H2,1-4H3,(H,24,28)(H,25,27)/t14-/m0/s1. The molecule has 0 aromatic heterocycles. The molecule has 0 unspecified atom stereocenters. The highest BCUT2D eigenvalue weighted by molar-refractivity contribution is 6.39. The van der Waals surface area contributed by atoms with Crippen molar-refractivity contribution in [3.8, 4) is 0 Å². The minimum absolute atomic E-state index is 0.0163. The van der Waals surface area contributed by atoms with E-state index in [0.717, 1.165) is 5.69 Å². The lowest BCUT2D eigenvalue weighted by Crippen LogP contribution is -2.43.